The van der Waals surface area contributed by atoms with E-state index in [-0.39, 0.29) is 5.97 Å². The standard InChI is InChI=1S/C10H17N3O2/c1-3-13-9(4-7-12-13)8-11-6-5-10(14)15-2/h4,7,11H,3,5-6,8H2,1-2H3. The highest BCUT2D eigenvalue weighted by atomic mass is 16.5. The first-order chi connectivity index (χ1) is 7.27. The molecular weight excluding hydrogens is 194 g/mol. The predicted molar refractivity (Wildman–Crippen MR) is 56.2 cm³/mol. The van der Waals surface area contributed by atoms with E-state index in [4.69, 9.17) is 0 Å². The van der Waals surface area contributed by atoms with Gasteiger partial charge in [0.15, 0.2) is 0 Å². The molecule has 84 valence electrons. The zero-order valence-electron chi connectivity index (χ0n) is 9.19. The van der Waals surface area contributed by atoms with Crippen molar-refractivity contribution < 1.29 is 9.53 Å². The summed E-state index contributed by atoms with van der Waals surface area (Å²) < 4.78 is 6.46. The van der Waals surface area contributed by atoms with Crippen LogP contribution in [0.5, 0.6) is 0 Å². The second-order valence-corrected chi connectivity index (χ2v) is 3.14. The van der Waals surface area contributed by atoms with Crippen LogP contribution in [0.3, 0.4) is 0 Å². The van der Waals surface area contributed by atoms with E-state index >= 15 is 0 Å². The van der Waals surface area contributed by atoms with Crippen LogP contribution >= 0.6 is 0 Å². The lowest BCUT2D eigenvalue weighted by atomic mass is 10.4. The number of hydrogen-bond donors (Lipinski definition) is 1. The molecule has 0 amide bonds. The number of carbonyl (C=O) groups excluding carboxylic acids is 1. The minimum atomic E-state index is -0.188. The molecule has 0 atom stereocenters. The van der Waals surface area contributed by atoms with Gasteiger partial charge in [-0.3, -0.25) is 9.48 Å². The number of nitrogens with one attached hydrogen (secondary N) is 1. The van der Waals surface area contributed by atoms with Gasteiger partial charge in [-0.25, -0.2) is 0 Å². The van der Waals surface area contributed by atoms with E-state index < -0.39 is 0 Å². The van der Waals surface area contributed by atoms with Crippen molar-refractivity contribution in [2.24, 2.45) is 0 Å². The summed E-state index contributed by atoms with van der Waals surface area (Å²) in [7, 11) is 1.40. The third-order valence-corrected chi connectivity index (χ3v) is 2.14. The molecule has 1 aromatic heterocycles. The van der Waals surface area contributed by atoms with Crippen LogP contribution in [0.2, 0.25) is 0 Å². The second-order valence-electron chi connectivity index (χ2n) is 3.14. The van der Waals surface area contributed by atoms with Crippen molar-refractivity contribution in [3.63, 3.8) is 0 Å². The Balaban J connectivity index is 2.23. The van der Waals surface area contributed by atoms with Gasteiger partial charge in [0.1, 0.15) is 0 Å². The molecule has 0 aromatic carbocycles. The van der Waals surface area contributed by atoms with E-state index in [0.29, 0.717) is 13.0 Å². The zero-order valence-corrected chi connectivity index (χ0v) is 9.19. The highest BCUT2D eigenvalue weighted by Crippen LogP contribution is 1.97. The number of hydrogen-bond acceptors (Lipinski definition) is 4. The normalized spacial score (nSPS) is 10.3. The molecule has 0 saturated carbocycles. The first kappa shape index (κ1) is 11.7. The molecule has 0 bridgehead atoms. The molecule has 5 nitrogen and oxygen atoms in total. The Bertz CT molecular complexity index is 309. The van der Waals surface area contributed by atoms with Gasteiger partial charge in [-0.2, -0.15) is 5.10 Å². The molecule has 5 heteroatoms. The van der Waals surface area contributed by atoms with Crippen LogP contribution in [-0.4, -0.2) is 29.4 Å². The monoisotopic (exact) mass is 211 g/mol. The Kier molecular flexibility index (Phi) is 4.83. The summed E-state index contributed by atoms with van der Waals surface area (Å²) in [5, 5.41) is 7.32. The van der Waals surface area contributed by atoms with Crippen LogP contribution in [-0.2, 0) is 22.6 Å². The van der Waals surface area contributed by atoms with Crippen LogP contribution in [0, 0.1) is 0 Å². The highest BCUT2D eigenvalue weighted by Gasteiger charge is 2.01. The summed E-state index contributed by atoms with van der Waals surface area (Å²) in [4.78, 5) is 10.8. The Morgan fingerprint density at radius 1 is 1.67 bits per heavy atom. The Hall–Kier alpha value is -1.36. The first-order valence-corrected chi connectivity index (χ1v) is 5.06. The summed E-state index contributed by atoms with van der Waals surface area (Å²) in [5.41, 5.74) is 1.13. The van der Waals surface area contributed by atoms with Crippen molar-refractivity contribution >= 4 is 5.97 Å². The lowest BCUT2D eigenvalue weighted by Crippen LogP contribution is -2.20. The van der Waals surface area contributed by atoms with Crippen LogP contribution in [0.15, 0.2) is 12.3 Å². The molecule has 0 unspecified atom stereocenters. The zero-order chi connectivity index (χ0) is 11.1. The number of esters is 1. The van der Waals surface area contributed by atoms with Gasteiger partial charge in [0.25, 0.3) is 0 Å². The van der Waals surface area contributed by atoms with Crippen molar-refractivity contribution in [2.45, 2.75) is 26.4 Å². The van der Waals surface area contributed by atoms with Gasteiger partial charge in [0.05, 0.1) is 19.2 Å². The number of rotatable bonds is 6. The summed E-state index contributed by atoms with van der Waals surface area (Å²) in [6.45, 7) is 4.26. The van der Waals surface area contributed by atoms with Crippen LogP contribution < -0.4 is 5.32 Å². The van der Waals surface area contributed by atoms with Crippen LogP contribution in [0.4, 0.5) is 0 Å². The number of nitrogens with zero attached hydrogens (tertiary/aromatic N) is 2. The molecular formula is C10H17N3O2. The molecule has 0 aliphatic carbocycles. The van der Waals surface area contributed by atoms with Crippen molar-refractivity contribution in [1.82, 2.24) is 15.1 Å². The average molecular weight is 211 g/mol. The van der Waals surface area contributed by atoms with Gasteiger partial charge < -0.3 is 10.1 Å². The molecule has 1 aromatic rings. The van der Waals surface area contributed by atoms with Crippen molar-refractivity contribution in [3.8, 4) is 0 Å². The molecule has 0 saturated heterocycles. The maximum absolute atomic E-state index is 10.8. The van der Waals surface area contributed by atoms with E-state index in [9.17, 15) is 4.79 Å². The maximum atomic E-state index is 10.8. The van der Waals surface area contributed by atoms with E-state index in [2.05, 4.69) is 15.2 Å². The molecule has 1 rings (SSSR count). The topological polar surface area (TPSA) is 56.2 Å². The molecule has 15 heavy (non-hydrogen) atoms. The van der Waals surface area contributed by atoms with E-state index in [1.54, 1.807) is 6.20 Å². The van der Waals surface area contributed by atoms with Gasteiger partial charge >= 0.3 is 5.97 Å². The lowest BCUT2D eigenvalue weighted by Gasteiger charge is -2.05. The Morgan fingerprint density at radius 3 is 3.13 bits per heavy atom. The Morgan fingerprint density at radius 2 is 2.47 bits per heavy atom. The number of carbonyl (C=O) groups is 1. The number of methoxy groups -OCH3 is 1. The minimum Gasteiger partial charge on any atom is -0.469 e. The smallest absolute Gasteiger partial charge is 0.306 e. The first-order valence-electron chi connectivity index (χ1n) is 5.06. The van der Waals surface area contributed by atoms with Crippen LogP contribution in [0.25, 0.3) is 0 Å². The van der Waals surface area contributed by atoms with E-state index in [0.717, 1.165) is 18.8 Å². The fraction of sp³-hybridized carbons (Fsp3) is 0.600. The number of aromatic nitrogens is 2. The van der Waals surface area contributed by atoms with Crippen molar-refractivity contribution in [3.05, 3.63) is 18.0 Å². The molecule has 0 radical (unpaired) electrons. The van der Waals surface area contributed by atoms with Gasteiger partial charge in [0, 0.05) is 25.8 Å². The van der Waals surface area contributed by atoms with E-state index in [1.165, 1.54) is 7.11 Å². The Labute approximate surface area is 89.4 Å². The number of ether oxygens (including phenoxy) is 1. The summed E-state index contributed by atoms with van der Waals surface area (Å²) in [5.74, 6) is -0.188. The van der Waals surface area contributed by atoms with Crippen molar-refractivity contribution in [2.75, 3.05) is 13.7 Å². The molecule has 0 aliphatic heterocycles. The third kappa shape index (κ3) is 3.71. The van der Waals surface area contributed by atoms with Gasteiger partial charge in [-0.15, -0.1) is 0 Å². The second kappa shape index (κ2) is 6.19. The van der Waals surface area contributed by atoms with E-state index in [1.807, 2.05) is 17.7 Å². The fourth-order valence-corrected chi connectivity index (χ4v) is 1.30. The maximum Gasteiger partial charge on any atom is 0.306 e. The summed E-state index contributed by atoms with van der Waals surface area (Å²) in [6.07, 6.45) is 2.18. The van der Waals surface area contributed by atoms with Gasteiger partial charge in [0.2, 0.25) is 0 Å². The fourth-order valence-electron chi connectivity index (χ4n) is 1.30. The minimum absolute atomic E-state index is 0.188. The van der Waals surface area contributed by atoms with Gasteiger partial charge in [-0.05, 0) is 13.0 Å². The summed E-state index contributed by atoms with van der Waals surface area (Å²) in [6, 6.07) is 1.97. The molecule has 1 N–H and O–H groups in total. The predicted octanol–water partition coefficient (Wildman–Crippen LogP) is 0.556. The lowest BCUT2D eigenvalue weighted by molar-refractivity contribution is -0.140. The molecule has 1 heterocycles. The summed E-state index contributed by atoms with van der Waals surface area (Å²) >= 11 is 0. The van der Waals surface area contributed by atoms with Gasteiger partial charge in [-0.1, -0.05) is 0 Å². The number of aryl methyl sites for hydroxylation is 1. The largest absolute Gasteiger partial charge is 0.469 e. The third-order valence-electron chi connectivity index (χ3n) is 2.14. The SMILES string of the molecule is CCn1nccc1CNCCC(=O)OC. The molecule has 0 aliphatic rings. The van der Waals surface area contributed by atoms with Crippen molar-refractivity contribution in [1.29, 1.82) is 0 Å². The highest BCUT2D eigenvalue weighted by molar-refractivity contribution is 5.69. The molecule has 0 fully saturated rings. The quantitative estimate of drug-likeness (QED) is 0.551. The van der Waals surface area contributed by atoms with Crippen LogP contribution in [0.1, 0.15) is 19.0 Å². The average Bonchev–Trinajstić information content (AvgIpc) is 2.71. The molecule has 0 spiro atoms.